The van der Waals surface area contributed by atoms with E-state index in [9.17, 15) is 9.59 Å². The second-order valence-electron chi connectivity index (χ2n) is 6.95. The van der Waals surface area contributed by atoms with Crippen molar-refractivity contribution in [3.63, 3.8) is 0 Å². The van der Waals surface area contributed by atoms with Gasteiger partial charge in [-0.15, -0.1) is 0 Å². The van der Waals surface area contributed by atoms with Crippen molar-refractivity contribution < 1.29 is 9.59 Å². The Kier molecular flexibility index (Phi) is 4.92. The summed E-state index contributed by atoms with van der Waals surface area (Å²) in [6.07, 6.45) is 2.53. The Hall–Kier alpha value is -3.05. The average Bonchev–Trinajstić information content (AvgIpc) is 2.68. The molecule has 1 amide bonds. The van der Waals surface area contributed by atoms with Crippen molar-refractivity contribution in [2.24, 2.45) is 0 Å². The van der Waals surface area contributed by atoms with Crippen molar-refractivity contribution in [3.05, 3.63) is 87.7 Å². The number of ketones is 1. The van der Waals surface area contributed by atoms with E-state index in [1.165, 1.54) is 6.20 Å². The van der Waals surface area contributed by atoms with Crippen LogP contribution in [0, 0.1) is 6.92 Å². The number of carbonyl (C=O) groups excluding carboxylic acids is 2. The van der Waals surface area contributed by atoms with Crippen LogP contribution >= 0.6 is 11.6 Å². The number of aromatic nitrogens is 2. The van der Waals surface area contributed by atoms with Crippen molar-refractivity contribution in [1.82, 2.24) is 9.97 Å². The third-order valence-corrected chi connectivity index (χ3v) is 5.17. The zero-order valence-electron chi connectivity index (χ0n) is 15.3. The fourth-order valence-corrected chi connectivity index (χ4v) is 3.48. The molecule has 0 fully saturated rings. The smallest absolute Gasteiger partial charge is 0.258 e. The highest BCUT2D eigenvalue weighted by Gasteiger charge is 2.28. The molecule has 5 nitrogen and oxygen atoms in total. The number of benzene rings is 2. The summed E-state index contributed by atoms with van der Waals surface area (Å²) >= 11 is 5.96. The first-order valence-electron chi connectivity index (χ1n) is 9.02. The van der Waals surface area contributed by atoms with Crippen LogP contribution in [0.5, 0.6) is 0 Å². The van der Waals surface area contributed by atoms with E-state index in [0.29, 0.717) is 34.7 Å². The molecule has 1 N–H and O–H groups in total. The fourth-order valence-electron chi connectivity index (χ4n) is 3.35. The van der Waals surface area contributed by atoms with Crippen LogP contribution in [-0.4, -0.2) is 21.7 Å². The molecule has 0 spiro atoms. The highest BCUT2D eigenvalue weighted by molar-refractivity contribution is 6.30. The molecule has 3 aromatic rings. The maximum absolute atomic E-state index is 12.5. The molecule has 4 rings (SSSR count). The predicted octanol–water partition coefficient (Wildman–Crippen LogP) is 4.60. The summed E-state index contributed by atoms with van der Waals surface area (Å²) in [6.45, 7) is 1.96. The third-order valence-electron chi connectivity index (χ3n) is 4.92. The van der Waals surface area contributed by atoms with Gasteiger partial charge in [0.15, 0.2) is 5.78 Å². The number of amides is 1. The van der Waals surface area contributed by atoms with Gasteiger partial charge in [-0.05, 0) is 49.1 Å². The number of carbonyl (C=O) groups is 2. The molecule has 0 radical (unpaired) electrons. The van der Waals surface area contributed by atoms with E-state index in [1.807, 2.05) is 43.3 Å². The summed E-state index contributed by atoms with van der Waals surface area (Å²) < 4.78 is 0. The lowest BCUT2D eigenvalue weighted by atomic mass is 9.82. The molecular weight excluding hydrogens is 374 g/mol. The van der Waals surface area contributed by atoms with Crippen molar-refractivity contribution in [3.8, 4) is 0 Å². The maximum atomic E-state index is 12.5. The molecule has 2 aromatic carbocycles. The molecule has 0 aliphatic heterocycles. The van der Waals surface area contributed by atoms with Crippen LogP contribution in [0.3, 0.4) is 0 Å². The van der Waals surface area contributed by atoms with Crippen LogP contribution in [0.25, 0.3) is 0 Å². The van der Waals surface area contributed by atoms with E-state index in [1.54, 1.807) is 12.1 Å². The van der Waals surface area contributed by atoms with E-state index < -0.39 is 0 Å². The number of nitrogens with one attached hydrogen (secondary N) is 1. The topological polar surface area (TPSA) is 72.0 Å². The van der Waals surface area contributed by atoms with Gasteiger partial charge in [0.25, 0.3) is 5.91 Å². The first kappa shape index (κ1) is 18.3. The quantitative estimate of drug-likeness (QED) is 0.708. The minimum atomic E-state index is -0.281. The number of halogens is 1. The number of nitrogens with zero attached hydrogens (tertiary/aromatic N) is 2. The monoisotopic (exact) mass is 391 g/mol. The van der Waals surface area contributed by atoms with Gasteiger partial charge in [-0.3, -0.25) is 14.9 Å². The van der Waals surface area contributed by atoms with Gasteiger partial charge in [-0.25, -0.2) is 9.97 Å². The first-order valence-corrected chi connectivity index (χ1v) is 9.40. The highest BCUT2D eigenvalue weighted by atomic mass is 35.5. The lowest BCUT2D eigenvalue weighted by molar-refractivity contribution is 0.0962. The number of hydrogen-bond donors (Lipinski definition) is 1. The van der Waals surface area contributed by atoms with Gasteiger partial charge in [0.2, 0.25) is 5.95 Å². The number of rotatable bonds is 3. The number of aryl methyl sites for hydroxylation is 1. The Morgan fingerprint density at radius 2 is 1.79 bits per heavy atom. The van der Waals surface area contributed by atoms with Crippen LogP contribution in [0.4, 0.5) is 5.95 Å². The molecule has 0 saturated carbocycles. The first-order chi connectivity index (χ1) is 13.5. The van der Waals surface area contributed by atoms with E-state index in [-0.39, 0.29) is 23.6 Å². The molecule has 0 bridgehead atoms. The van der Waals surface area contributed by atoms with Gasteiger partial charge in [-0.2, -0.15) is 0 Å². The molecule has 6 heteroatoms. The summed E-state index contributed by atoms with van der Waals surface area (Å²) in [5.41, 5.74) is 3.84. The minimum absolute atomic E-state index is 0.0117. The van der Waals surface area contributed by atoms with Gasteiger partial charge < -0.3 is 0 Å². The normalized spacial score (nSPS) is 15.8. The fraction of sp³-hybridized carbons (Fsp3) is 0.182. The largest absolute Gasteiger partial charge is 0.294 e. The Morgan fingerprint density at radius 1 is 1.07 bits per heavy atom. The van der Waals surface area contributed by atoms with Gasteiger partial charge in [-0.1, -0.05) is 41.4 Å². The SMILES string of the molecule is Cc1ccc(C(=O)Nc2ncc3c(n2)C[C@@H](c2ccc(Cl)cc2)CC3=O)cc1. The van der Waals surface area contributed by atoms with E-state index in [2.05, 4.69) is 15.3 Å². The summed E-state index contributed by atoms with van der Waals surface area (Å²) in [7, 11) is 0. The van der Waals surface area contributed by atoms with Crippen LogP contribution in [0.1, 0.15) is 49.9 Å². The van der Waals surface area contributed by atoms with Crippen molar-refractivity contribution in [2.45, 2.75) is 25.7 Å². The standard InChI is InChI=1S/C22H18ClN3O2/c1-13-2-4-15(5-3-13)21(28)26-22-24-12-18-19(25-22)10-16(11-20(18)27)14-6-8-17(23)9-7-14/h2-9,12,16H,10-11H2,1H3,(H,24,25,26,28)/t16-/m1/s1. The zero-order chi connectivity index (χ0) is 19.7. The minimum Gasteiger partial charge on any atom is -0.294 e. The summed E-state index contributed by atoms with van der Waals surface area (Å²) in [5.74, 6) is -0.0318. The Balaban J connectivity index is 1.56. The number of hydrogen-bond acceptors (Lipinski definition) is 4. The predicted molar refractivity (Wildman–Crippen MR) is 108 cm³/mol. The Morgan fingerprint density at radius 3 is 2.50 bits per heavy atom. The second kappa shape index (κ2) is 7.52. The highest BCUT2D eigenvalue weighted by Crippen LogP contribution is 2.32. The van der Waals surface area contributed by atoms with E-state index >= 15 is 0 Å². The van der Waals surface area contributed by atoms with E-state index in [0.717, 1.165) is 11.1 Å². The number of fused-ring (bicyclic) bond motifs is 1. The molecule has 1 aromatic heterocycles. The maximum Gasteiger partial charge on any atom is 0.258 e. The second-order valence-corrected chi connectivity index (χ2v) is 7.39. The summed E-state index contributed by atoms with van der Waals surface area (Å²) in [6, 6.07) is 14.8. The van der Waals surface area contributed by atoms with Crippen molar-refractivity contribution in [1.29, 1.82) is 0 Å². The van der Waals surface area contributed by atoms with Crippen LogP contribution in [0.15, 0.2) is 54.7 Å². The van der Waals surface area contributed by atoms with Gasteiger partial charge >= 0.3 is 0 Å². The van der Waals surface area contributed by atoms with Crippen molar-refractivity contribution >= 4 is 29.2 Å². The van der Waals surface area contributed by atoms with E-state index in [4.69, 9.17) is 11.6 Å². The molecule has 0 saturated heterocycles. The lowest BCUT2D eigenvalue weighted by Gasteiger charge is -2.23. The molecule has 1 atom stereocenters. The lowest BCUT2D eigenvalue weighted by Crippen LogP contribution is -2.22. The number of Topliss-reactive ketones (excluding diaryl/α,β-unsaturated/α-hetero) is 1. The summed E-state index contributed by atoms with van der Waals surface area (Å²) in [4.78, 5) is 33.5. The molecular formula is C22H18ClN3O2. The Labute approximate surface area is 167 Å². The van der Waals surface area contributed by atoms with Gasteiger partial charge in [0.05, 0.1) is 11.3 Å². The molecule has 1 aliphatic rings. The van der Waals surface area contributed by atoms with Crippen LogP contribution in [0.2, 0.25) is 5.02 Å². The van der Waals surface area contributed by atoms with Gasteiger partial charge in [0.1, 0.15) is 0 Å². The molecule has 1 heterocycles. The van der Waals surface area contributed by atoms with Crippen LogP contribution in [-0.2, 0) is 6.42 Å². The van der Waals surface area contributed by atoms with Gasteiger partial charge in [0, 0.05) is 23.2 Å². The van der Waals surface area contributed by atoms with Crippen molar-refractivity contribution in [2.75, 3.05) is 5.32 Å². The number of anilines is 1. The van der Waals surface area contributed by atoms with Crippen LogP contribution < -0.4 is 5.32 Å². The molecule has 1 aliphatic carbocycles. The Bertz CT molecular complexity index is 1050. The average molecular weight is 392 g/mol. The summed E-state index contributed by atoms with van der Waals surface area (Å²) in [5, 5.41) is 3.38. The molecule has 0 unspecified atom stereocenters. The molecule has 140 valence electrons. The third kappa shape index (κ3) is 3.80. The zero-order valence-corrected chi connectivity index (χ0v) is 16.0. The molecule has 28 heavy (non-hydrogen) atoms.